The number of hydrogen-bond acceptors (Lipinski definition) is 4. The molecule has 0 aliphatic carbocycles. The van der Waals surface area contributed by atoms with Gasteiger partial charge in [0.1, 0.15) is 18.1 Å². The van der Waals surface area contributed by atoms with Crippen LogP contribution in [0.15, 0.2) is 47.0 Å². The average Bonchev–Trinajstić information content (AvgIpc) is 3.04. The summed E-state index contributed by atoms with van der Waals surface area (Å²) in [6, 6.07) is 9.97. The molecule has 0 fully saturated rings. The summed E-state index contributed by atoms with van der Waals surface area (Å²) < 4.78 is 37.5. The third-order valence-corrected chi connectivity index (χ3v) is 4.99. The van der Waals surface area contributed by atoms with E-state index in [0.717, 1.165) is 23.4 Å². The first-order valence-electron chi connectivity index (χ1n) is 9.14. The van der Waals surface area contributed by atoms with E-state index in [0.29, 0.717) is 29.2 Å². The van der Waals surface area contributed by atoms with Crippen LogP contribution in [0.5, 0.6) is 5.75 Å². The van der Waals surface area contributed by atoms with E-state index >= 15 is 0 Å². The van der Waals surface area contributed by atoms with Crippen LogP contribution in [0.1, 0.15) is 45.9 Å². The van der Waals surface area contributed by atoms with E-state index in [2.05, 4.69) is 5.16 Å². The quantitative estimate of drug-likeness (QED) is 0.585. The standard InChI is InChI=1S/C22H22F2N2O3/c1-13-19(15(3)29-25-13)12-28-18-8-5-16(6-9-18)22(27)26(4)14(2)17-7-10-20(23)21(24)11-17/h5-11,14H,12H2,1-4H3. The summed E-state index contributed by atoms with van der Waals surface area (Å²) in [6.45, 7) is 5.75. The van der Waals surface area contributed by atoms with Crippen LogP contribution in [0.2, 0.25) is 0 Å². The number of rotatable bonds is 6. The van der Waals surface area contributed by atoms with E-state index in [1.165, 1.54) is 11.0 Å². The predicted molar refractivity (Wildman–Crippen MR) is 104 cm³/mol. The van der Waals surface area contributed by atoms with Gasteiger partial charge in [0.2, 0.25) is 0 Å². The molecule has 0 aliphatic rings. The second-order valence-corrected chi connectivity index (χ2v) is 6.88. The number of ether oxygens (including phenoxy) is 1. The molecule has 1 heterocycles. The largest absolute Gasteiger partial charge is 0.489 e. The Bertz CT molecular complexity index is 996. The van der Waals surface area contributed by atoms with Crippen LogP contribution in [-0.2, 0) is 6.61 Å². The molecule has 0 N–H and O–H groups in total. The highest BCUT2D eigenvalue weighted by atomic mass is 19.2. The van der Waals surface area contributed by atoms with Gasteiger partial charge < -0.3 is 14.2 Å². The molecular formula is C22H22F2N2O3. The van der Waals surface area contributed by atoms with Gasteiger partial charge in [-0.25, -0.2) is 8.78 Å². The smallest absolute Gasteiger partial charge is 0.254 e. The van der Waals surface area contributed by atoms with Crippen LogP contribution >= 0.6 is 0 Å². The summed E-state index contributed by atoms with van der Waals surface area (Å²) in [5.41, 5.74) is 2.65. The normalized spacial score (nSPS) is 11.9. The number of hydrogen-bond donors (Lipinski definition) is 0. The number of nitrogens with zero attached hydrogens (tertiary/aromatic N) is 2. The van der Waals surface area contributed by atoms with Crippen LogP contribution < -0.4 is 4.74 Å². The number of aromatic nitrogens is 1. The van der Waals surface area contributed by atoms with Gasteiger partial charge in [-0.3, -0.25) is 4.79 Å². The number of carbonyl (C=O) groups is 1. The maximum absolute atomic E-state index is 13.5. The molecule has 29 heavy (non-hydrogen) atoms. The summed E-state index contributed by atoms with van der Waals surface area (Å²) in [4.78, 5) is 14.2. The van der Waals surface area contributed by atoms with Crippen molar-refractivity contribution in [3.63, 3.8) is 0 Å². The van der Waals surface area contributed by atoms with Crippen LogP contribution in [-0.4, -0.2) is 23.0 Å². The molecule has 1 unspecified atom stereocenters. The fourth-order valence-electron chi connectivity index (χ4n) is 2.93. The molecule has 0 saturated carbocycles. The Morgan fingerprint density at radius 3 is 2.41 bits per heavy atom. The fraction of sp³-hybridized carbons (Fsp3) is 0.273. The minimum absolute atomic E-state index is 0.237. The molecule has 0 saturated heterocycles. The summed E-state index contributed by atoms with van der Waals surface area (Å²) in [6.07, 6.45) is 0. The van der Waals surface area contributed by atoms with Crippen LogP contribution in [0.3, 0.4) is 0 Å². The van der Waals surface area contributed by atoms with Crippen molar-refractivity contribution >= 4 is 5.91 Å². The number of benzene rings is 2. The SMILES string of the molecule is Cc1noc(C)c1COc1ccc(C(=O)N(C)C(C)c2ccc(F)c(F)c2)cc1. The van der Waals surface area contributed by atoms with Crippen molar-refractivity contribution in [1.29, 1.82) is 0 Å². The van der Waals surface area contributed by atoms with Crippen LogP contribution in [0.4, 0.5) is 8.78 Å². The van der Waals surface area contributed by atoms with Gasteiger partial charge in [0.25, 0.3) is 5.91 Å². The van der Waals surface area contributed by atoms with Gasteiger partial charge >= 0.3 is 0 Å². The lowest BCUT2D eigenvalue weighted by atomic mass is 10.1. The maximum atomic E-state index is 13.5. The highest BCUT2D eigenvalue weighted by Crippen LogP contribution is 2.24. The lowest BCUT2D eigenvalue weighted by Gasteiger charge is -2.25. The first-order valence-corrected chi connectivity index (χ1v) is 9.14. The van der Waals surface area contributed by atoms with Gasteiger partial charge in [0, 0.05) is 12.6 Å². The highest BCUT2D eigenvalue weighted by molar-refractivity contribution is 5.94. The molecule has 2 aromatic carbocycles. The number of carbonyl (C=O) groups excluding carboxylic acids is 1. The topological polar surface area (TPSA) is 55.6 Å². The van der Waals surface area contributed by atoms with Gasteiger partial charge in [-0.1, -0.05) is 11.2 Å². The molecule has 0 radical (unpaired) electrons. The van der Waals surface area contributed by atoms with Crippen molar-refractivity contribution in [2.24, 2.45) is 0 Å². The number of aryl methyl sites for hydroxylation is 2. The van der Waals surface area contributed by atoms with E-state index in [9.17, 15) is 13.6 Å². The van der Waals surface area contributed by atoms with Crippen molar-refractivity contribution < 1.29 is 22.8 Å². The maximum Gasteiger partial charge on any atom is 0.254 e. The van der Waals surface area contributed by atoms with Crippen LogP contribution in [0.25, 0.3) is 0 Å². The van der Waals surface area contributed by atoms with Gasteiger partial charge in [-0.15, -0.1) is 0 Å². The summed E-state index contributed by atoms with van der Waals surface area (Å²) in [7, 11) is 1.62. The zero-order valence-electron chi connectivity index (χ0n) is 16.7. The molecule has 1 aromatic heterocycles. The van der Waals surface area contributed by atoms with Crippen molar-refractivity contribution in [1.82, 2.24) is 10.1 Å². The van der Waals surface area contributed by atoms with Gasteiger partial charge in [-0.2, -0.15) is 0 Å². The molecule has 0 spiro atoms. The van der Waals surface area contributed by atoms with Crippen LogP contribution in [0, 0.1) is 25.5 Å². The van der Waals surface area contributed by atoms with E-state index in [1.807, 2.05) is 13.8 Å². The van der Waals surface area contributed by atoms with E-state index in [1.54, 1.807) is 38.2 Å². The molecule has 1 atom stereocenters. The predicted octanol–water partition coefficient (Wildman–Crippen LogP) is 4.98. The second-order valence-electron chi connectivity index (χ2n) is 6.88. The van der Waals surface area contributed by atoms with E-state index in [4.69, 9.17) is 9.26 Å². The summed E-state index contributed by atoms with van der Waals surface area (Å²) in [5, 5.41) is 3.89. The Morgan fingerprint density at radius 1 is 1.14 bits per heavy atom. The lowest BCUT2D eigenvalue weighted by Crippen LogP contribution is -2.29. The Balaban J connectivity index is 1.66. The Hall–Kier alpha value is -3.22. The van der Waals surface area contributed by atoms with Gasteiger partial charge in [0.05, 0.1) is 17.3 Å². The second kappa shape index (κ2) is 8.43. The lowest BCUT2D eigenvalue weighted by molar-refractivity contribution is 0.0742. The third-order valence-electron chi connectivity index (χ3n) is 4.99. The van der Waals surface area contributed by atoms with Gasteiger partial charge in [0.15, 0.2) is 11.6 Å². The fourth-order valence-corrected chi connectivity index (χ4v) is 2.93. The van der Waals surface area contributed by atoms with E-state index in [-0.39, 0.29) is 5.91 Å². The molecular weight excluding hydrogens is 378 g/mol. The number of halogens is 2. The summed E-state index contributed by atoms with van der Waals surface area (Å²) in [5.74, 6) is -0.767. The molecule has 5 nitrogen and oxygen atoms in total. The van der Waals surface area contributed by atoms with Gasteiger partial charge in [-0.05, 0) is 62.7 Å². The van der Waals surface area contributed by atoms with Crippen molar-refractivity contribution in [2.45, 2.75) is 33.4 Å². The molecule has 0 aliphatic heterocycles. The molecule has 1 amide bonds. The zero-order valence-corrected chi connectivity index (χ0v) is 16.7. The zero-order chi connectivity index (χ0) is 21.1. The van der Waals surface area contributed by atoms with Crippen molar-refractivity contribution in [2.75, 3.05) is 7.05 Å². The first-order chi connectivity index (χ1) is 13.8. The van der Waals surface area contributed by atoms with Crippen molar-refractivity contribution in [3.8, 4) is 5.75 Å². The molecule has 3 rings (SSSR count). The Kier molecular flexibility index (Phi) is 5.96. The first kappa shape index (κ1) is 20.5. The highest BCUT2D eigenvalue weighted by Gasteiger charge is 2.20. The Labute approximate surface area is 167 Å². The molecule has 7 heteroatoms. The summed E-state index contributed by atoms with van der Waals surface area (Å²) >= 11 is 0. The third kappa shape index (κ3) is 4.45. The minimum atomic E-state index is -0.935. The number of amides is 1. The van der Waals surface area contributed by atoms with Crippen molar-refractivity contribution in [3.05, 3.63) is 82.2 Å². The average molecular weight is 400 g/mol. The Morgan fingerprint density at radius 2 is 1.83 bits per heavy atom. The van der Waals surface area contributed by atoms with E-state index < -0.39 is 17.7 Å². The molecule has 3 aromatic rings. The molecule has 152 valence electrons. The monoisotopic (exact) mass is 400 g/mol. The minimum Gasteiger partial charge on any atom is -0.489 e. The molecule has 0 bridgehead atoms.